The van der Waals surface area contributed by atoms with Crippen LogP contribution in [0.15, 0.2) is 45.3 Å². The van der Waals surface area contributed by atoms with Gasteiger partial charge in [0.15, 0.2) is 0 Å². The minimum Gasteiger partial charge on any atom is -0.496 e. The summed E-state index contributed by atoms with van der Waals surface area (Å²) in [7, 11) is 2.84. The molecular weight excluding hydrogens is 432 g/mol. The van der Waals surface area contributed by atoms with E-state index in [4.69, 9.17) is 9.47 Å². The van der Waals surface area contributed by atoms with Gasteiger partial charge in [-0.3, -0.25) is 0 Å². The Bertz CT molecular complexity index is 758. The summed E-state index contributed by atoms with van der Waals surface area (Å²) in [6.45, 7) is 0. The normalized spacial score (nSPS) is 10.1. The van der Waals surface area contributed by atoms with Gasteiger partial charge in [0.2, 0.25) is 0 Å². The van der Waals surface area contributed by atoms with Crippen LogP contribution in [0.3, 0.4) is 0 Å². The highest BCUT2D eigenvalue weighted by molar-refractivity contribution is 9.10. The van der Waals surface area contributed by atoms with E-state index in [0.717, 1.165) is 0 Å². The monoisotopic (exact) mass is 442 g/mol. The average molecular weight is 444 g/mol. The molecule has 0 N–H and O–H groups in total. The van der Waals surface area contributed by atoms with Crippen LogP contribution in [0.2, 0.25) is 0 Å². The molecule has 0 bridgehead atoms. The summed E-state index contributed by atoms with van der Waals surface area (Å²) >= 11 is 6.58. The Morgan fingerprint density at radius 3 is 1.83 bits per heavy atom. The van der Waals surface area contributed by atoms with Crippen LogP contribution in [0.5, 0.6) is 11.5 Å². The van der Waals surface area contributed by atoms with Gasteiger partial charge in [0, 0.05) is 0 Å². The Morgan fingerprint density at radius 2 is 1.35 bits per heavy atom. The summed E-state index contributed by atoms with van der Waals surface area (Å²) in [6, 6.07) is 9.44. The van der Waals surface area contributed by atoms with Gasteiger partial charge in [-0.1, -0.05) is 0 Å². The summed E-state index contributed by atoms with van der Waals surface area (Å²) in [4.78, 5) is 23.6. The predicted octanol–water partition coefficient (Wildman–Crippen LogP) is 4.23. The molecule has 2 rings (SSSR count). The zero-order valence-electron chi connectivity index (χ0n) is 12.3. The number of carbonyl (C=O) groups excluding carboxylic acids is 2. The van der Waals surface area contributed by atoms with Gasteiger partial charge in [0.25, 0.3) is 0 Å². The molecule has 0 fully saturated rings. The van der Waals surface area contributed by atoms with Gasteiger partial charge in [-0.15, -0.1) is 0 Å². The molecule has 0 unspecified atom stereocenters. The van der Waals surface area contributed by atoms with Crippen molar-refractivity contribution in [3.8, 4) is 11.5 Å². The Kier molecular flexibility index (Phi) is 5.79. The molecule has 0 aromatic heterocycles. The molecule has 0 atom stereocenters. The van der Waals surface area contributed by atoms with Crippen molar-refractivity contribution >= 4 is 43.8 Å². The fourth-order valence-electron chi connectivity index (χ4n) is 1.78. The first-order chi connectivity index (χ1) is 11.0. The Balaban J connectivity index is 2.20. The standard InChI is InChI=1S/C16H12Br2O5/c1-21-13-5-3-10(8-11(13)17)16(20)23-14-6-4-9(7-12(14)18)15(19)22-2/h3-8H,1-2H3. The summed E-state index contributed by atoms with van der Waals surface area (Å²) in [6.07, 6.45) is 0. The maximum absolute atomic E-state index is 12.2. The zero-order chi connectivity index (χ0) is 17.0. The van der Waals surface area contributed by atoms with Crippen LogP contribution in [0.1, 0.15) is 20.7 Å². The predicted molar refractivity (Wildman–Crippen MR) is 91.1 cm³/mol. The van der Waals surface area contributed by atoms with E-state index in [1.54, 1.807) is 18.2 Å². The van der Waals surface area contributed by atoms with Crippen molar-refractivity contribution in [3.63, 3.8) is 0 Å². The minimum atomic E-state index is -0.528. The molecule has 2 aromatic rings. The highest BCUT2D eigenvalue weighted by atomic mass is 79.9. The number of methoxy groups -OCH3 is 2. The summed E-state index contributed by atoms with van der Waals surface area (Å²) in [5.74, 6) is -0.0812. The van der Waals surface area contributed by atoms with Crippen LogP contribution < -0.4 is 9.47 Å². The van der Waals surface area contributed by atoms with Gasteiger partial charge < -0.3 is 14.2 Å². The van der Waals surface area contributed by atoms with Gasteiger partial charge in [-0.2, -0.15) is 0 Å². The number of hydrogen-bond donors (Lipinski definition) is 0. The molecule has 0 saturated heterocycles. The quantitative estimate of drug-likeness (QED) is 0.522. The van der Waals surface area contributed by atoms with Gasteiger partial charge in [0.05, 0.1) is 34.3 Å². The lowest BCUT2D eigenvalue weighted by atomic mass is 10.2. The van der Waals surface area contributed by atoms with Crippen LogP contribution >= 0.6 is 31.9 Å². The summed E-state index contributed by atoms with van der Waals surface area (Å²) in [5.41, 5.74) is 0.716. The number of benzene rings is 2. The van der Waals surface area contributed by atoms with Crippen molar-refractivity contribution in [1.82, 2.24) is 0 Å². The van der Waals surface area contributed by atoms with Crippen molar-refractivity contribution in [1.29, 1.82) is 0 Å². The fraction of sp³-hybridized carbons (Fsp3) is 0.125. The maximum Gasteiger partial charge on any atom is 0.343 e. The van der Waals surface area contributed by atoms with Crippen molar-refractivity contribution in [3.05, 3.63) is 56.5 Å². The van der Waals surface area contributed by atoms with E-state index in [1.165, 1.54) is 32.4 Å². The second-order valence-electron chi connectivity index (χ2n) is 4.38. The van der Waals surface area contributed by atoms with Crippen LogP contribution in [0.25, 0.3) is 0 Å². The molecule has 0 aliphatic heterocycles. The van der Waals surface area contributed by atoms with Gasteiger partial charge in [-0.05, 0) is 68.3 Å². The second kappa shape index (κ2) is 7.61. The highest BCUT2D eigenvalue weighted by Crippen LogP contribution is 2.29. The van der Waals surface area contributed by atoms with Crippen molar-refractivity contribution in [2.75, 3.05) is 14.2 Å². The third-order valence-corrected chi connectivity index (χ3v) is 4.18. The van der Waals surface area contributed by atoms with E-state index in [-0.39, 0.29) is 0 Å². The average Bonchev–Trinajstić information content (AvgIpc) is 2.55. The number of rotatable bonds is 4. The van der Waals surface area contributed by atoms with E-state index >= 15 is 0 Å². The Labute approximate surface area is 149 Å². The van der Waals surface area contributed by atoms with Gasteiger partial charge in [-0.25, -0.2) is 9.59 Å². The number of carbonyl (C=O) groups is 2. The summed E-state index contributed by atoms with van der Waals surface area (Å²) in [5, 5.41) is 0. The molecule has 5 nitrogen and oxygen atoms in total. The summed E-state index contributed by atoms with van der Waals surface area (Å²) < 4.78 is 16.2. The van der Waals surface area contributed by atoms with Crippen molar-refractivity contribution in [2.24, 2.45) is 0 Å². The smallest absolute Gasteiger partial charge is 0.343 e. The van der Waals surface area contributed by atoms with Crippen LogP contribution in [0, 0.1) is 0 Å². The molecule has 0 amide bonds. The molecule has 0 aliphatic carbocycles. The molecular formula is C16H12Br2O5. The molecule has 23 heavy (non-hydrogen) atoms. The van der Waals surface area contributed by atoms with E-state index in [2.05, 4.69) is 36.6 Å². The first-order valence-electron chi connectivity index (χ1n) is 6.40. The molecule has 0 aliphatic rings. The molecule has 7 heteroatoms. The van der Waals surface area contributed by atoms with Crippen LogP contribution in [-0.2, 0) is 4.74 Å². The first-order valence-corrected chi connectivity index (χ1v) is 7.98. The second-order valence-corrected chi connectivity index (χ2v) is 6.08. The lowest BCUT2D eigenvalue weighted by Gasteiger charge is -2.09. The molecule has 0 spiro atoms. The Morgan fingerprint density at radius 1 is 0.826 bits per heavy atom. The number of esters is 2. The van der Waals surface area contributed by atoms with Gasteiger partial charge >= 0.3 is 11.9 Å². The lowest BCUT2D eigenvalue weighted by molar-refractivity contribution is 0.0600. The molecule has 0 heterocycles. The van der Waals surface area contributed by atoms with E-state index in [9.17, 15) is 9.59 Å². The molecule has 0 radical (unpaired) electrons. The number of hydrogen-bond acceptors (Lipinski definition) is 5. The minimum absolute atomic E-state index is 0.301. The fourth-order valence-corrected chi connectivity index (χ4v) is 2.78. The Hall–Kier alpha value is -1.86. The van der Waals surface area contributed by atoms with Gasteiger partial charge in [0.1, 0.15) is 11.5 Å². The third-order valence-electron chi connectivity index (χ3n) is 2.94. The highest BCUT2D eigenvalue weighted by Gasteiger charge is 2.15. The SMILES string of the molecule is COC(=O)c1ccc(OC(=O)c2ccc(OC)c(Br)c2)c(Br)c1. The molecule has 120 valence electrons. The van der Waals surface area contributed by atoms with E-state index < -0.39 is 11.9 Å². The number of halogens is 2. The topological polar surface area (TPSA) is 61.8 Å². The third kappa shape index (κ3) is 4.11. The van der Waals surface area contributed by atoms with Crippen molar-refractivity contribution < 1.29 is 23.8 Å². The maximum atomic E-state index is 12.2. The van der Waals surface area contributed by atoms with Crippen LogP contribution in [0.4, 0.5) is 0 Å². The number of ether oxygens (including phenoxy) is 3. The first kappa shape index (κ1) is 17.5. The molecule has 2 aromatic carbocycles. The largest absolute Gasteiger partial charge is 0.496 e. The van der Waals surface area contributed by atoms with Crippen LogP contribution in [-0.4, -0.2) is 26.2 Å². The van der Waals surface area contributed by atoms with E-state index in [1.807, 2.05) is 0 Å². The van der Waals surface area contributed by atoms with E-state index in [0.29, 0.717) is 31.6 Å². The van der Waals surface area contributed by atoms with Crippen molar-refractivity contribution in [2.45, 2.75) is 0 Å². The zero-order valence-corrected chi connectivity index (χ0v) is 15.4. The molecule has 0 saturated carbocycles. The lowest BCUT2D eigenvalue weighted by Crippen LogP contribution is -2.09.